The number of benzene rings is 2. The topological polar surface area (TPSA) is 108 Å². The molecule has 9 heteroatoms. The molecule has 2 aromatic rings. The number of aryl methyl sites for hydroxylation is 1. The fourth-order valence-electron chi connectivity index (χ4n) is 2.00. The van der Waals surface area contributed by atoms with Crippen LogP contribution in [-0.2, 0) is 14.8 Å². The first-order valence-corrected chi connectivity index (χ1v) is 9.43. The number of nitrogens with zero attached hydrogens (tertiary/aromatic N) is 1. The number of carboxylic acid groups (broad SMARTS) is 1. The maximum absolute atomic E-state index is 12.1. The molecule has 0 unspecified atom stereocenters. The second-order valence-electron chi connectivity index (χ2n) is 5.52. The molecule has 138 valence electrons. The summed E-state index contributed by atoms with van der Waals surface area (Å²) in [7, 11) is -3.91. The molecule has 2 aromatic carbocycles. The quantitative estimate of drug-likeness (QED) is 0.493. The molecule has 0 saturated heterocycles. The SMILES string of the molecule is C/C(=N\Nc1ccc(C)c(Cl)c1)c1cccc(S(=O)(=O)NCC(=O)O)c1. The molecule has 0 aliphatic carbocycles. The summed E-state index contributed by atoms with van der Waals surface area (Å²) in [6.07, 6.45) is 0. The summed E-state index contributed by atoms with van der Waals surface area (Å²) in [5.41, 5.74) is 5.65. The van der Waals surface area contributed by atoms with E-state index in [0.717, 1.165) is 5.56 Å². The number of hydrazone groups is 1. The van der Waals surface area contributed by atoms with Crippen LogP contribution >= 0.6 is 11.6 Å². The highest BCUT2D eigenvalue weighted by Gasteiger charge is 2.16. The largest absolute Gasteiger partial charge is 0.480 e. The number of sulfonamides is 1. The third-order valence-corrected chi connectivity index (χ3v) is 5.31. The summed E-state index contributed by atoms with van der Waals surface area (Å²) >= 11 is 6.07. The first-order chi connectivity index (χ1) is 12.2. The number of nitrogens with one attached hydrogen (secondary N) is 2. The van der Waals surface area contributed by atoms with E-state index in [2.05, 4.69) is 10.5 Å². The molecule has 2 rings (SSSR count). The summed E-state index contributed by atoms with van der Waals surface area (Å²) in [4.78, 5) is 10.5. The van der Waals surface area contributed by atoms with Gasteiger partial charge in [0.25, 0.3) is 0 Å². The average molecular weight is 396 g/mol. The highest BCUT2D eigenvalue weighted by molar-refractivity contribution is 7.89. The highest BCUT2D eigenvalue weighted by Crippen LogP contribution is 2.20. The lowest BCUT2D eigenvalue weighted by Gasteiger charge is -2.08. The van der Waals surface area contributed by atoms with Gasteiger partial charge in [-0.1, -0.05) is 29.8 Å². The van der Waals surface area contributed by atoms with Crippen molar-refractivity contribution in [1.82, 2.24) is 4.72 Å². The first kappa shape index (κ1) is 19.9. The van der Waals surface area contributed by atoms with Crippen molar-refractivity contribution in [2.45, 2.75) is 18.7 Å². The molecule has 3 N–H and O–H groups in total. The van der Waals surface area contributed by atoms with Gasteiger partial charge >= 0.3 is 5.97 Å². The Morgan fingerprint density at radius 1 is 1.23 bits per heavy atom. The van der Waals surface area contributed by atoms with Crippen LogP contribution in [0.25, 0.3) is 0 Å². The fraction of sp³-hybridized carbons (Fsp3) is 0.176. The zero-order chi connectivity index (χ0) is 19.3. The van der Waals surface area contributed by atoms with Crippen molar-refractivity contribution in [3.8, 4) is 0 Å². The van der Waals surface area contributed by atoms with Crippen LogP contribution in [0.15, 0.2) is 52.5 Å². The van der Waals surface area contributed by atoms with Crippen molar-refractivity contribution >= 4 is 39.0 Å². The zero-order valence-electron chi connectivity index (χ0n) is 14.2. The molecule has 0 aliphatic rings. The monoisotopic (exact) mass is 395 g/mol. The smallest absolute Gasteiger partial charge is 0.318 e. The van der Waals surface area contributed by atoms with E-state index in [-0.39, 0.29) is 4.90 Å². The molecular weight excluding hydrogens is 378 g/mol. The van der Waals surface area contributed by atoms with E-state index in [9.17, 15) is 13.2 Å². The van der Waals surface area contributed by atoms with Crippen LogP contribution in [0.2, 0.25) is 5.02 Å². The van der Waals surface area contributed by atoms with Crippen LogP contribution < -0.4 is 10.1 Å². The molecule has 0 saturated carbocycles. The number of carboxylic acids is 1. The van der Waals surface area contributed by atoms with Gasteiger partial charge in [-0.25, -0.2) is 8.42 Å². The Hall–Kier alpha value is -2.42. The molecule has 0 aromatic heterocycles. The van der Waals surface area contributed by atoms with Gasteiger partial charge in [0, 0.05) is 5.02 Å². The summed E-state index contributed by atoms with van der Waals surface area (Å²) < 4.78 is 26.2. The third-order valence-electron chi connectivity index (χ3n) is 3.50. The Kier molecular flexibility index (Phi) is 6.36. The van der Waals surface area contributed by atoms with Gasteiger partial charge in [-0.05, 0) is 49.2 Å². The van der Waals surface area contributed by atoms with Gasteiger partial charge in [0.2, 0.25) is 10.0 Å². The van der Waals surface area contributed by atoms with Crippen LogP contribution in [-0.4, -0.2) is 31.8 Å². The number of hydrogen-bond donors (Lipinski definition) is 3. The summed E-state index contributed by atoms with van der Waals surface area (Å²) in [6, 6.07) is 11.5. The average Bonchev–Trinajstić information content (AvgIpc) is 2.61. The highest BCUT2D eigenvalue weighted by atomic mass is 35.5. The summed E-state index contributed by atoms with van der Waals surface area (Å²) in [5, 5.41) is 13.5. The van der Waals surface area contributed by atoms with Gasteiger partial charge in [0.1, 0.15) is 6.54 Å². The van der Waals surface area contributed by atoms with Gasteiger partial charge in [0.05, 0.1) is 16.3 Å². The van der Waals surface area contributed by atoms with Gasteiger partial charge < -0.3 is 5.11 Å². The fourth-order valence-corrected chi connectivity index (χ4v) is 3.20. The molecule has 26 heavy (non-hydrogen) atoms. The Morgan fingerprint density at radius 2 is 1.96 bits per heavy atom. The first-order valence-electron chi connectivity index (χ1n) is 7.57. The molecule has 0 atom stereocenters. The van der Waals surface area contributed by atoms with Crippen molar-refractivity contribution in [3.05, 3.63) is 58.6 Å². The van der Waals surface area contributed by atoms with Crippen LogP contribution in [0.4, 0.5) is 5.69 Å². The van der Waals surface area contributed by atoms with Crippen molar-refractivity contribution in [2.75, 3.05) is 12.0 Å². The number of rotatable bonds is 7. The molecule has 0 bridgehead atoms. The van der Waals surface area contributed by atoms with Crippen LogP contribution in [0, 0.1) is 6.92 Å². The van der Waals surface area contributed by atoms with Crippen molar-refractivity contribution in [3.63, 3.8) is 0 Å². The molecule has 0 amide bonds. The molecule has 0 fully saturated rings. The van der Waals surface area contributed by atoms with Crippen molar-refractivity contribution < 1.29 is 18.3 Å². The van der Waals surface area contributed by atoms with E-state index in [0.29, 0.717) is 22.0 Å². The normalized spacial score (nSPS) is 12.0. The summed E-state index contributed by atoms with van der Waals surface area (Å²) in [6.45, 7) is 2.93. The lowest BCUT2D eigenvalue weighted by Crippen LogP contribution is -2.29. The van der Waals surface area contributed by atoms with Gasteiger partial charge in [-0.2, -0.15) is 9.82 Å². The van der Waals surface area contributed by atoms with Crippen molar-refractivity contribution in [1.29, 1.82) is 0 Å². The van der Waals surface area contributed by atoms with Gasteiger partial charge in [-0.15, -0.1) is 0 Å². The molecule has 7 nitrogen and oxygen atoms in total. The van der Waals surface area contributed by atoms with Crippen molar-refractivity contribution in [2.24, 2.45) is 5.10 Å². The molecule has 0 radical (unpaired) electrons. The standard InChI is InChI=1S/C17H18ClN3O4S/c1-11-6-7-14(9-16(11)18)21-20-12(2)13-4-3-5-15(8-13)26(24,25)19-10-17(22)23/h3-9,19,21H,10H2,1-2H3,(H,22,23)/b20-12+. The van der Waals surface area contributed by atoms with E-state index in [1.54, 1.807) is 25.1 Å². The van der Waals surface area contributed by atoms with Gasteiger partial charge in [-0.3, -0.25) is 10.2 Å². The second-order valence-corrected chi connectivity index (χ2v) is 7.69. The Balaban J connectivity index is 2.20. The minimum Gasteiger partial charge on any atom is -0.480 e. The molecule has 0 spiro atoms. The maximum atomic E-state index is 12.1. The Labute approximate surface area is 156 Å². The Morgan fingerprint density at radius 3 is 2.62 bits per heavy atom. The van der Waals surface area contributed by atoms with E-state index in [1.165, 1.54) is 12.1 Å². The number of anilines is 1. The molecule has 0 aliphatic heterocycles. The van der Waals surface area contributed by atoms with Crippen LogP contribution in [0.5, 0.6) is 0 Å². The van der Waals surface area contributed by atoms with Crippen LogP contribution in [0.3, 0.4) is 0 Å². The lowest BCUT2D eigenvalue weighted by atomic mass is 10.1. The minimum atomic E-state index is -3.91. The predicted octanol–water partition coefficient (Wildman–Crippen LogP) is 2.85. The zero-order valence-corrected chi connectivity index (χ0v) is 15.7. The minimum absolute atomic E-state index is 0.0378. The number of aliphatic carboxylic acids is 1. The number of carbonyl (C=O) groups is 1. The van der Waals surface area contributed by atoms with E-state index in [1.807, 2.05) is 23.8 Å². The maximum Gasteiger partial charge on any atom is 0.318 e. The van der Waals surface area contributed by atoms with E-state index in [4.69, 9.17) is 16.7 Å². The van der Waals surface area contributed by atoms with Gasteiger partial charge in [0.15, 0.2) is 0 Å². The predicted molar refractivity (Wildman–Crippen MR) is 101 cm³/mol. The second kappa shape index (κ2) is 8.31. The van der Waals surface area contributed by atoms with E-state index < -0.39 is 22.5 Å². The third kappa shape index (κ3) is 5.29. The molecule has 0 heterocycles. The molecular formula is C17H18ClN3O4S. The summed E-state index contributed by atoms with van der Waals surface area (Å²) in [5.74, 6) is -1.26. The Bertz CT molecular complexity index is 958. The number of hydrogen-bond acceptors (Lipinski definition) is 5. The van der Waals surface area contributed by atoms with E-state index >= 15 is 0 Å². The van der Waals surface area contributed by atoms with Crippen LogP contribution in [0.1, 0.15) is 18.1 Å². The lowest BCUT2D eigenvalue weighted by molar-refractivity contribution is -0.135. The number of halogens is 1.